The van der Waals surface area contributed by atoms with Crippen molar-refractivity contribution in [3.05, 3.63) is 87.4 Å². The van der Waals surface area contributed by atoms with E-state index < -0.39 is 17.6 Å². The van der Waals surface area contributed by atoms with Crippen molar-refractivity contribution < 1.29 is 13.5 Å². The van der Waals surface area contributed by atoms with Crippen LogP contribution in [0.2, 0.25) is 5.02 Å². The average Bonchev–Trinajstić information content (AvgIpc) is 2.97. The topological polar surface area (TPSA) is 76.9 Å². The van der Waals surface area contributed by atoms with Gasteiger partial charge in [-0.25, -0.2) is 13.5 Å². The number of hydrogen-bond donors (Lipinski definition) is 1. The first-order valence-corrected chi connectivity index (χ1v) is 8.66. The Morgan fingerprint density at radius 1 is 1.25 bits per heavy atom. The van der Waals surface area contributed by atoms with Gasteiger partial charge in [0, 0.05) is 16.7 Å². The summed E-state index contributed by atoms with van der Waals surface area (Å²) in [4.78, 5) is 0. The third-order valence-electron chi connectivity index (χ3n) is 4.56. The summed E-state index contributed by atoms with van der Waals surface area (Å²) in [7, 11) is 0. The standard InChI is InChI=1S/C20H13ClF2N4O/c1-10-17-18(14-6-5-12(22)8-16(14)23)15(9-24)19(25)28-20(17)27(26-10)13-4-2-3-11(21)7-13/h2-8,18H,25H2,1H3/t18-/m1/s1. The van der Waals surface area contributed by atoms with Crippen LogP contribution in [0.5, 0.6) is 5.88 Å². The number of hydrogen-bond acceptors (Lipinski definition) is 4. The fourth-order valence-electron chi connectivity index (χ4n) is 3.34. The third kappa shape index (κ3) is 2.79. The number of nitrogens with two attached hydrogens (primary N) is 1. The number of aromatic nitrogens is 2. The molecular weight excluding hydrogens is 386 g/mol. The predicted octanol–water partition coefficient (Wildman–Crippen LogP) is 4.33. The molecule has 0 amide bonds. The number of ether oxygens (including phenoxy) is 1. The summed E-state index contributed by atoms with van der Waals surface area (Å²) in [5.41, 5.74) is 7.73. The fraction of sp³-hybridized carbons (Fsp3) is 0.100. The molecule has 4 rings (SSSR count). The van der Waals surface area contributed by atoms with E-state index in [9.17, 15) is 14.0 Å². The van der Waals surface area contributed by atoms with Crippen LogP contribution in [0.3, 0.4) is 0 Å². The second kappa shape index (κ2) is 6.66. The summed E-state index contributed by atoms with van der Waals surface area (Å²) in [5, 5.41) is 14.6. The fourth-order valence-corrected chi connectivity index (χ4v) is 3.53. The van der Waals surface area contributed by atoms with Crippen LogP contribution < -0.4 is 10.5 Å². The monoisotopic (exact) mass is 398 g/mol. The van der Waals surface area contributed by atoms with Crippen molar-refractivity contribution in [3.63, 3.8) is 0 Å². The second-order valence-corrected chi connectivity index (χ2v) is 6.72. The lowest BCUT2D eigenvalue weighted by molar-refractivity contribution is 0.366. The van der Waals surface area contributed by atoms with Gasteiger partial charge in [0.15, 0.2) is 0 Å². The summed E-state index contributed by atoms with van der Waals surface area (Å²) in [6, 6.07) is 12.1. The first kappa shape index (κ1) is 18.0. The van der Waals surface area contributed by atoms with Gasteiger partial charge in [-0.15, -0.1) is 0 Å². The molecule has 0 radical (unpaired) electrons. The lowest BCUT2D eigenvalue weighted by Gasteiger charge is -2.25. The molecule has 2 aromatic carbocycles. The molecule has 0 spiro atoms. The van der Waals surface area contributed by atoms with Gasteiger partial charge >= 0.3 is 0 Å². The van der Waals surface area contributed by atoms with Crippen LogP contribution in [-0.2, 0) is 0 Å². The highest BCUT2D eigenvalue weighted by molar-refractivity contribution is 6.30. The number of aryl methyl sites for hydroxylation is 1. The molecule has 1 aliphatic heterocycles. The number of nitrogens with zero attached hydrogens (tertiary/aromatic N) is 3. The van der Waals surface area contributed by atoms with Crippen LogP contribution >= 0.6 is 11.6 Å². The van der Waals surface area contributed by atoms with Crippen LogP contribution in [-0.4, -0.2) is 9.78 Å². The molecule has 8 heteroatoms. The maximum atomic E-state index is 14.6. The van der Waals surface area contributed by atoms with E-state index in [2.05, 4.69) is 5.10 Å². The highest BCUT2D eigenvalue weighted by Crippen LogP contribution is 2.45. The van der Waals surface area contributed by atoms with Gasteiger partial charge in [-0.2, -0.15) is 10.4 Å². The summed E-state index contributed by atoms with van der Waals surface area (Å²) in [6.07, 6.45) is 0. The highest BCUT2D eigenvalue weighted by atomic mass is 35.5. The van der Waals surface area contributed by atoms with Gasteiger partial charge in [0.25, 0.3) is 0 Å². The van der Waals surface area contributed by atoms with Crippen molar-refractivity contribution in [2.75, 3.05) is 0 Å². The lowest BCUT2D eigenvalue weighted by Crippen LogP contribution is -2.22. The van der Waals surface area contributed by atoms with Gasteiger partial charge in [-0.1, -0.05) is 23.7 Å². The Bertz CT molecular complexity index is 1180. The second-order valence-electron chi connectivity index (χ2n) is 6.29. The van der Waals surface area contributed by atoms with E-state index in [4.69, 9.17) is 22.1 Å². The van der Waals surface area contributed by atoms with Crippen LogP contribution in [0.15, 0.2) is 53.9 Å². The number of halogens is 3. The Balaban J connectivity index is 1.98. The third-order valence-corrected chi connectivity index (χ3v) is 4.79. The van der Waals surface area contributed by atoms with E-state index in [1.54, 1.807) is 31.2 Å². The SMILES string of the molecule is Cc1nn(-c2cccc(Cl)c2)c2c1[C@H](c1ccc(F)cc1F)C(C#N)=C(N)O2. The summed E-state index contributed by atoms with van der Waals surface area (Å²) < 4.78 is 35.2. The molecule has 3 aromatic rings. The Morgan fingerprint density at radius 3 is 2.71 bits per heavy atom. The molecular formula is C20H13ClF2N4O. The number of allylic oxidation sites excluding steroid dienone is 1. The summed E-state index contributed by atoms with van der Waals surface area (Å²) in [6.45, 7) is 1.72. The molecule has 0 unspecified atom stereocenters. The summed E-state index contributed by atoms with van der Waals surface area (Å²) >= 11 is 6.08. The molecule has 0 saturated heterocycles. The number of nitriles is 1. The van der Waals surface area contributed by atoms with Crippen molar-refractivity contribution in [1.82, 2.24) is 9.78 Å². The smallest absolute Gasteiger partial charge is 0.229 e. The first-order chi connectivity index (χ1) is 13.4. The van der Waals surface area contributed by atoms with Gasteiger partial charge in [0.1, 0.15) is 23.3 Å². The molecule has 0 aliphatic carbocycles. The van der Waals surface area contributed by atoms with Gasteiger partial charge < -0.3 is 10.5 Å². The van der Waals surface area contributed by atoms with E-state index in [1.165, 1.54) is 10.7 Å². The molecule has 0 fully saturated rings. The van der Waals surface area contributed by atoms with E-state index >= 15 is 0 Å². The van der Waals surface area contributed by atoms with Gasteiger partial charge in [0.05, 0.1) is 22.9 Å². The average molecular weight is 399 g/mol. The molecule has 1 atom stereocenters. The quantitative estimate of drug-likeness (QED) is 0.697. The van der Waals surface area contributed by atoms with Crippen LogP contribution in [0.4, 0.5) is 8.78 Å². The van der Waals surface area contributed by atoms with Crippen LogP contribution in [0.25, 0.3) is 5.69 Å². The molecule has 0 saturated carbocycles. The van der Waals surface area contributed by atoms with E-state index in [-0.39, 0.29) is 22.9 Å². The van der Waals surface area contributed by atoms with Gasteiger partial charge in [-0.05, 0) is 31.2 Å². The molecule has 2 N–H and O–H groups in total. The van der Waals surface area contributed by atoms with Crippen molar-refractivity contribution >= 4 is 11.6 Å². The minimum atomic E-state index is -0.873. The maximum Gasteiger partial charge on any atom is 0.229 e. The minimum absolute atomic E-state index is 0.0340. The molecule has 140 valence electrons. The lowest BCUT2D eigenvalue weighted by atomic mass is 9.84. The van der Waals surface area contributed by atoms with Crippen molar-refractivity contribution in [1.29, 1.82) is 5.26 Å². The van der Waals surface area contributed by atoms with Crippen LogP contribution in [0.1, 0.15) is 22.7 Å². The molecule has 5 nitrogen and oxygen atoms in total. The Kier molecular flexibility index (Phi) is 4.28. The Hall–Kier alpha value is -3.37. The zero-order valence-electron chi connectivity index (χ0n) is 14.6. The largest absolute Gasteiger partial charge is 0.422 e. The van der Waals surface area contributed by atoms with E-state index in [0.29, 0.717) is 22.0 Å². The van der Waals surface area contributed by atoms with Crippen molar-refractivity contribution in [2.24, 2.45) is 5.73 Å². The number of fused-ring (bicyclic) bond motifs is 1. The molecule has 1 aromatic heterocycles. The highest BCUT2D eigenvalue weighted by Gasteiger charge is 2.37. The first-order valence-electron chi connectivity index (χ1n) is 8.28. The van der Waals surface area contributed by atoms with E-state index in [1.807, 2.05) is 6.07 Å². The van der Waals surface area contributed by atoms with Gasteiger partial charge in [-0.3, -0.25) is 0 Å². The Morgan fingerprint density at radius 2 is 2.04 bits per heavy atom. The Labute approximate surface area is 164 Å². The number of benzene rings is 2. The minimum Gasteiger partial charge on any atom is -0.422 e. The molecule has 0 bridgehead atoms. The number of rotatable bonds is 2. The zero-order valence-corrected chi connectivity index (χ0v) is 15.3. The van der Waals surface area contributed by atoms with Crippen LogP contribution in [0, 0.1) is 29.9 Å². The van der Waals surface area contributed by atoms with Gasteiger partial charge in [0.2, 0.25) is 11.8 Å². The van der Waals surface area contributed by atoms with Crippen molar-refractivity contribution in [2.45, 2.75) is 12.8 Å². The molecule has 2 heterocycles. The molecule has 1 aliphatic rings. The summed E-state index contributed by atoms with van der Waals surface area (Å²) in [5.74, 6) is -2.28. The maximum absolute atomic E-state index is 14.6. The van der Waals surface area contributed by atoms with Crippen molar-refractivity contribution in [3.8, 4) is 17.6 Å². The molecule has 28 heavy (non-hydrogen) atoms. The normalized spacial score (nSPS) is 15.8. The predicted molar refractivity (Wildman–Crippen MR) is 99.0 cm³/mol. The zero-order chi connectivity index (χ0) is 20.0. The van der Waals surface area contributed by atoms with E-state index in [0.717, 1.165) is 12.1 Å².